The van der Waals surface area contributed by atoms with Gasteiger partial charge in [-0.3, -0.25) is 14.7 Å². The Morgan fingerprint density at radius 2 is 1.81 bits per heavy atom. The highest BCUT2D eigenvalue weighted by Crippen LogP contribution is 2.31. The molecule has 1 unspecified atom stereocenters. The minimum atomic E-state index is -0.0349. The highest BCUT2D eigenvalue weighted by atomic mass is 16.5. The van der Waals surface area contributed by atoms with Gasteiger partial charge in [-0.25, -0.2) is 9.97 Å². The van der Waals surface area contributed by atoms with E-state index in [-0.39, 0.29) is 11.9 Å². The smallest absolute Gasteiger partial charge is 0.238 e. The average molecular weight is 433 g/mol. The van der Waals surface area contributed by atoms with Crippen molar-refractivity contribution >= 4 is 23.2 Å². The summed E-state index contributed by atoms with van der Waals surface area (Å²) in [6, 6.07) is 13.4. The van der Waals surface area contributed by atoms with Crippen molar-refractivity contribution in [2.75, 3.05) is 30.8 Å². The Morgan fingerprint density at radius 1 is 1.09 bits per heavy atom. The number of anilines is 3. The molecule has 32 heavy (non-hydrogen) atoms. The van der Waals surface area contributed by atoms with Crippen LogP contribution in [0.2, 0.25) is 0 Å². The van der Waals surface area contributed by atoms with E-state index in [0.29, 0.717) is 12.5 Å². The summed E-state index contributed by atoms with van der Waals surface area (Å²) in [4.78, 5) is 28.2. The number of benzene rings is 1. The number of nitrogens with zero attached hydrogens (tertiary/aromatic N) is 4. The van der Waals surface area contributed by atoms with E-state index >= 15 is 0 Å². The number of likely N-dealkylation sites (tertiary alicyclic amines) is 1. The number of hydrogen-bond donors (Lipinski definition) is 2. The zero-order chi connectivity index (χ0) is 22.5. The molecule has 0 spiro atoms. The van der Waals surface area contributed by atoms with Gasteiger partial charge < -0.3 is 15.4 Å². The van der Waals surface area contributed by atoms with Crippen LogP contribution in [0.25, 0.3) is 0 Å². The number of aryl methyl sites for hydroxylation is 2. The second-order valence-corrected chi connectivity index (χ2v) is 7.98. The maximum absolute atomic E-state index is 12.6. The van der Waals surface area contributed by atoms with Gasteiger partial charge in [-0.05, 0) is 75.7 Å². The molecule has 1 aliphatic rings. The van der Waals surface area contributed by atoms with Crippen LogP contribution in [0.1, 0.15) is 36.0 Å². The summed E-state index contributed by atoms with van der Waals surface area (Å²) in [6.07, 6.45) is 3.82. The largest absolute Gasteiger partial charge is 0.497 e. The van der Waals surface area contributed by atoms with E-state index in [4.69, 9.17) is 4.74 Å². The van der Waals surface area contributed by atoms with E-state index < -0.39 is 0 Å². The number of pyridine rings is 1. The molecule has 8 heteroatoms. The molecule has 0 bridgehead atoms. The molecule has 3 aromatic rings. The highest BCUT2D eigenvalue weighted by molar-refractivity contribution is 5.92. The number of methoxy groups -OCH3 is 1. The Kier molecular flexibility index (Phi) is 6.61. The van der Waals surface area contributed by atoms with Crippen molar-refractivity contribution in [3.8, 4) is 5.75 Å². The summed E-state index contributed by atoms with van der Waals surface area (Å²) < 4.78 is 5.16. The first-order valence-electron chi connectivity index (χ1n) is 10.7. The monoisotopic (exact) mass is 432 g/mol. The molecule has 2 N–H and O–H groups in total. The molecular weight excluding hydrogens is 404 g/mol. The van der Waals surface area contributed by atoms with Crippen LogP contribution in [0.5, 0.6) is 5.75 Å². The van der Waals surface area contributed by atoms with Gasteiger partial charge in [0.15, 0.2) is 0 Å². The molecule has 1 aliphatic heterocycles. The first-order chi connectivity index (χ1) is 15.5. The first-order valence-corrected chi connectivity index (χ1v) is 10.7. The lowest BCUT2D eigenvalue weighted by Gasteiger charge is -2.23. The second-order valence-electron chi connectivity index (χ2n) is 7.98. The van der Waals surface area contributed by atoms with Gasteiger partial charge in [-0.15, -0.1) is 0 Å². The zero-order valence-corrected chi connectivity index (χ0v) is 18.6. The summed E-state index contributed by atoms with van der Waals surface area (Å²) in [7, 11) is 1.62. The minimum Gasteiger partial charge on any atom is -0.497 e. The topological polar surface area (TPSA) is 92.3 Å². The van der Waals surface area contributed by atoms with E-state index in [1.807, 2.05) is 56.3 Å². The molecule has 4 rings (SSSR count). The standard InChI is InChI=1S/C24H28N6O2/c1-16-13-17(2)27-24(26-16)29-19-8-11-21(25-14-19)22-5-4-12-30(22)15-23(31)28-18-6-9-20(32-3)10-7-18/h6-11,13-14,22H,4-5,12,15H2,1-3H3,(H,28,31)(H,26,27,29). The predicted octanol–water partition coefficient (Wildman–Crippen LogP) is 4.02. The fourth-order valence-electron chi connectivity index (χ4n) is 4.00. The van der Waals surface area contributed by atoms with Gasteiger partial charge in [0.1, 0.15) is 5.75 Å². The molecule has 3 heterocycles. The number of carbonyl (C=O) groups excluding carboxylic acids is 1. The van der Waals surface area contributed by atoms with Crippen molar-refractivity contribution in [2.45, 2.75) is 32.7 Å². The predicted molar refractivity (Wildman–Crippen MR) is 124 cm³/mol. The maximum atomic E-state index is 12.6. The molecule has 1 atom stereocenters. The lowest BCUT2D eigenvalue weighted by atomic mass is 10.1. The second kappa shape index (κ2) is 9.74. The van der Waals surface area contributed by atoms with Gasteiger partial charge in [0.25, 0.3) is 0 Å². The third-order valence-electron chi connectivity index (χ3n) is 5.45. The number of amides is 1. The summed E-state index contributed by atoms with van der Waals surface area (Å²) >= 11 is 0. The van der Waals surface area contributed by atoms with Gasteiger partial charge in [0.05, 0.1) is 37.3 Å². The van der Waals surface area contributed by atoms with Crippen molar-refractivity contribution in [1.29, 1.82) is 0 Å². The van der Waals surface area contributed by atoms with Crippen LogP contribution in [0.3, 0.4) is 0 Å². The summed E-state index contributed by atoms with van der Waals surface area (Å²) in [5.41, 5.74) is 4.39. The van der Waals surface area contributed by atoms with Gasteiger partial charge in [0, 0.05) is 17.1 Å². The molecule has 166 valence electrons. The number of rotatable bonds is 7. The summed E-state index contributed by atoms with van der Waals surface area (Å²) in [5.74, 6) is 1.29. The quantitative estimate of drug-likeness (QED) is 0.583. The molecule has 1 aromatic carbocycles. The fourth-order valence-corrected chi connectivity index (χ4v) is 4.00. The molecule has 1 amide bonds. The maximum Gasteiger partial charge on any atom is 0.238 e. The van der Waals surface area contributed by atoms with Crippen molar-refractivity contribution in [3.05, 3.63) is 65.7 Å². The average Bonchev–Trinajstić information content (AvgIpc) is 3.22. The van der Waals surface area contributed by atoms with Crippen LogP contribution in [-0.2, 0) is 4.79 Å². The number of ether oxygens (including phenoxy) is 1. The van der Waals surface area contributed by atoms with Crippen LogP contribution in [0.15, 0.2) is 48.7 Å². The van der Waals surface area contributed by atoms with Gasteiger partial charge in [-0.1, -0.05) is 0 Å². The van der Waals surface area contributed by atoms with E-state index in [1.165, 1.54) is 0 Å². The Labute approximate surface area is 188 Å². The molecule has 2 aromatic heterocycles. The Morgan fingerprint density at radius 3 is 2.47 bits per heavy atom. The third kappa shape index (κ3) is 5.39. The van der Waals surface area contributed by atoms with E-state index in [1.54, 1.807) is 13.3 Å². The summed E-state index contributed by atoms with van der Waals surface area (Å²) in [6.45, 7) is 5.09. The molecule has 0 radical (unpaired) electrons. The van der Waals surface area contributed by atoms with Gasteiger partial charge in [-0.2, -0.15) is 0 Å². The van der Waals surface area contributed by atoms with E-state index in [2.05, 4.69) is 30.5 Å². The first kappa shape index (κ1) is 21.7. The molecule has 1 fully saturated rings. The highest BCUT2D eigenvalue weighted by Gasteiger charge is 2.28. The lowest BCUT2D eigenvalue weighted by Crippen LogP contribution is -2.33. The molecular formula is C24H28N6O2. The number of carbonyl (C=O) groups is 1. The lowest BCUT2D eigenvalue weighted by molar-refractivity contribution is -0.117. The van der Waals surface area contributed by atoms with Crippen LogP contribution < -0.4 is 15.4 Å². The van der Waals surface area contributed by atoms with Crippen LogP contribution in [0.4, 0.5) is 17.3 Å². The van der Waals surface area contributed by atoms with Crippen molar-refractivity contribution in [3.63, 3.8) is 0 Å². The van der Waals surface area contributed by atoms with Gasteiger partial charge >= 0.3 is 0 Å². The Balaban J connectivity index is 1.37. The zero-order valence-electron chi connectivity index (χ0n) is 18.6. The normalized spacial score (nSPS) is 16.0. The number of hydrogen-bond acceptors (Lipinski definition) is 7. The van der Waals surface area contributed by atoms with E-state index in [0.717, 1.165) is 53.6 Å². The molecule has 0 saturated carbocycles. The third-order valence-corrected chi connectivity index (χ3v) is 5.45. The van der Waals surface area contributed by atoms with Crippen LogP contribution >= 0.6 is 0 Å². The van der Waals surface area contributed by atoms with Gasteiger partial charge in [0.2, 0.25) is 11.9 Å². The molecule has 0 aliphatic carbocycles. The Bertz CT molecular complexity index is 1050. The van der Waals surface area contributed by atoms with Crippen molar-refractivity contribution in [2.24, 2.45) is 0 Å². The SMILES string of the molecule is COc1ccc(NC(=O)CN2CCCC2c2ccc(Nc3nc(C)cc(C)n3)cn2)cc1. The minimum absolute atomic E-state index is 0.0349. The number of aromatic nitrogens is 3. The number of nitrogens with one attached hydrogen (secondary N) is 2. The van der Waals surface area contributed by atoms with Crippen LogP contribution in [-0.4, -0.2) is 46.0 Å². The van der Waals surface area contributed by atoms with Crippen LogP contribution in [0, 0.1) is 13.8 Å². The summed E-state index contributed by atoms with van der Waals surface area (Å²) in [5, 5.41) is 6.17. The molecule has 8 nitrogen and oxygen atoms in total. The van der Waals surface area contributed by atoms with E-state index in [9.17, 15) is 4.79 Å². The Hall–Kier alpha value is -3.52. The fraction of sp³-hybridized carbons (Fsp3) is 0.333. The van der Waals surface area contributed by atoms with Crippen molar-refractivity contribution in [1.82, 2.24) is 19.9 Å². The van der Waals surface area contributed by atoms with Crippen molar-refractivity contribution < 1.29 is 9.53 Å². The molecule has 1 saturated heterocycles.